The molecule has 0 spiro atoms. The summed E-state index contributed by atoms with van der Waals surface area (Å²) in [7, 11) is 0. The van der Waals surface area contributed by atoms with Crippen LogP contribution in [0.2, 0.25) is 0 Å². The van der Waals surface area contributed by atoms with Crippen LogP contribution in [0.1, 0.15) is 49.9 Å². The summed E-state index contributed by atoms with van der Waals surface area (Å²) in [5.41, 5.74) is 35.1. The molecule has 22 rings (SSSR count). The number of aromatic nitrogens is 2. The van der Waals surface area contributed by atoms with Gasteiger partial charge in [0.25, 0.3) is 6.71 Å². The van der Waals surface area contributed by atoms with Crippen molar-refractivity contribution in [2.45, 2.75) is 38.5 Å². The summed E-state index contributed by atoms with van der Waals surface area (Å²) < 4.78 is 5.36. The van der Waals surface area contributed by atoms with Crippen molar-refractivity contribution in [3.05, 3.63) is 301 Å². The quantitative estimate of drug-likeness (QED) is 0.160. The van der Waals surface area contributed by atoms with Crippen molar-refractivity contribution in [2.75, 3.05) is 4.90 Å². The molecule has 436 valence electrons. The van der Waals surface area contributed by atoms with E-state index >= 15 is 0 Å². The molecular weight excluding hydrogens is 1130 g/mol. The van der Waals surface area contributed by atoms with Crippen molar-refractivity contribution in [3.63, 3.8) is 0 Å². The van der Waals surface area contributed by atoms with Crippen molar-refractivity contribution < 1.29 is 0 Å². The van der Waals surface area contributed by atoms with E-state index in [9.17, 15) is 0 Å². The number of fused-ring (bicyclic) bond motifs is 19. The van der Waals surface area contributed by atoms with Gasteiger partial charge in [-0.25, -0.2) is 0 Å². The highest BCUT2D eigenvalue weighted by Gasteiger charge is 2.48. The highest BCUT2D eigenvalue weighted by Crippen LogP contribution is 2.56. The second-order valence-electron chi connectivity index (χ2n) is 28.3. The van der Waals surface area contributed by atoms with Crippen LogP contribution in [0.25, 0.3) is 154 Å². The third-order valence-corrected chi connectivity index (χ3v) is 22.9. The van der Waals surface area contributed by atoms with E-state index in [1.165, 1.54) is 198 Å². The smallest absolute Gasteiger partial charge is 0.253 e. The Bertz CT molecular complexity index is 6370. The van der Waals surface area contributed by atoms with Crippen LogP contribution in [0.3, 0.4) is 0 Å². The molecule has 0 bridgehead atoms. The van der Waals surface area contributed by atoms with Gasteiger partial charge in [-0.3, -0.25) is 0 Å². The Morgan fingerprint density at radius 2 is 0.862 bits per heavy atom. The molecule has 0 amide bonds. The highest BCUT2D eigenvalue weighted by atomic mass is 15.2. The summed E-state index contributed by atoms with van der Waals surface area (Å²) in [5.74, 6) is 0. The predicted molar refractivity (Wildman–Crippen MR) is 397 cm³/mol. The lowest BCUT2D eigenvalue weighted by Crippen LogP contribution is -2.61. The Morgan fingerprint density at radius 1 is 0.287 bits per heavy atom. The van der Waals surface area contributed by atoms with Crippen molar-refractivity contribution in [1.82, 2.24) is 9.13 Å². The molecule has 2 aliphatic heterocycles. The van der Waals surface area contributed by atoms with Crippen LogP contribution in [0.5, 0.6) is 0 Å². The topological polar surface area (TPSA) is 13.1 Å². The molecule has 17 aromatic rings. The van der Waals surface area contributed by atoms with Crippen molar-refractivity contribution in [3.8, 4) is 78.1 Å². The van der Waals surface area contributed by atoms with Crippen LogP contribution in [-0.2, 0) is 10.8 Å². The number of rotatable bonds is 4. The minimum Gasteiger partial charge on any atom is -0.311 e. The normalized spacial score (nSPS) is 14.5. The average Bonchev–Trinajstić information content (AvgIpc) is 1.42. The summed E-state index contributed by atoms with van der Waals surface area (Å²) in [6, 6.07) is 108. The molecule has 0 radical (unpaired) electrons. The predicted octanol–water partition coefficient (Wildman–Crippen LogP) is 21.5. The lowest BCUT2D eigenvalue weighted by Gasteiger charge is -2.42. The zero-order valence-corrected chi connectivity index (χ0v) is 52.5. The van der Waals surface area contributed by atoms with Gasteiger partial charge in [0.1, 0.15) is 0 Å². The molecule has 0 saturated heterocycles. The lowest BCUT2D eigenvalue weighted by atomic mass is 9.32. The van der Waals surface area contributed by atoms with Gasteiger partial charge >= 0.3 is 0 Å². The van der Waals surface area contributed by atoms with Crippen LogP contribution in [0.15, 0.2) is 279 Å². The average molecular weight is 1190 g/mol. The van der Waals surface area contributed by atoms with Gasteiger partial charge in [0, 0.05) is 60.6 Å². The first-order valence-electron chi connectivity index (χ1n) is 33.3. The van der Waals surface area contributed by atoms with Crippen molar-refractivity contribution in [2.24, 2.45) is 0 Å². The molecule has 0 unspecified atom stereocenters. The van der Waals surface area contributed by atoms with E-state index < -0.39 is 0 Å². The van der Waals surface area contributed by atoms with Crippen molar-refractivity contribution >= 4 is 116 Å². The first-order chi connectivity index (χ1) is 46.1. The largest absolute Gasteiger partial charge is 0.311 e. The summed E-state index contributed by atoms with van der Waals surface area (Å²) in [4.78, 5) is 2.66. The summed E-state index contributed by atoms with van der Waals surface area (Å²) in [6.07, 6.45) is 0. The Balaban J connectivity index is 0.913. The molecule has 15 aromatic carbocycles. The molecule has 4 heteroatoms. The molecular formula is C90H58BN3. The Kier molecular flexibility index (Phi) is 9.68. The Labute approximate surface area is 544 Å². The first kappa shape index (κ1) is 51.2. The van der Waals surface area contributed by atoms with Crippen molar-refractivity contribution in [1.29, 1.82) is 0 Å². The third kappa shape index (κ3) is 6.43. The molecule has 0 atom stereocenters. The van der Waals surface area contributed by atoms with E-state index in [-0.39, 0.29) is 17.5 Å². The fraction of sp³-hybridized carbons (Fsp3) is 0.0667. The van der Waals surface area contributed by atoms with Gasteiger partial charge in [0.15, 0.2) is 0 Å². The van der Waals surface area contributed by atoms with E-state index in [2.05, 4.69) is 321 Å². The zero-order chi connectivity index (χ0) is 61.8. The number of nitrogens with zero attached hydrogens (tertiary/aromatic N) is 3. The number of hydrogen-bond donors (Lipinski definition) is 0. The van der Waals surface area contributed by atoms with Crippen LogP contribution in [-0.4, -0.2) is 15.8 Å². The minimum absolute atomic E-state index is 0.166. The molecule has 0 fully saturated rings. The fourth-order valence-electron chi connectivity index (χ4n) is 18.7. The molecule has 94 heavy (non-hydrogen) atoms. The van der Waals surface area contributed by atoms with Crippen LogP contribution < -0.4 is 21.3 Å². The van der Waals surface area contributed by atoms with Gasteiger partial charge in [-0.2, -0.15) is 0 Å². The van der Waals surface area contributed by atoms with Gasteiger partial charge in [-0.05, 0) is 211 Å². The van der Waals surface area contributed by atoms with Gasteiger partial charge in [-0.1, -0.05) is 234 Å². The molecule has 0 N–H and O–H groups in total. The second-order valence-corrected chi connectivity index (χ2v) is 28.3. The van der Waals surface area contributed by atoms with Gasteiger partial charge in [-0.15, -0.1) is 0 Å². The fourth-order valence-corrected chi connectivity index (χ4v) is 18.7. The maximum Gasteiger partial charge on any atom is 0.253 e. The first-order valence-corrected chi connectivity index (χ1v) is 33.3. The number of benzene rings is 15. The molecule has 2 aromatic heterocycles. The zero-order valence-electron chi connectivity index (χ0n) is 52.5. The summed E-state index contributed by atoms with van der Waals surface area (Å²) >= 11 is 0. The van der Waals surface area contributed by atoms with E-state index in [1.807, 2.05) is 0 Å². The standard InChI is InChI=1S/C90H58BN3/c1-89(2)72-29-14-12-25-67(72)83-73(89)40-42-78-87(83)91-75-46-59(58-34-32-52-18-6-8-20-56(52)44-58)45-70-69-49-74-68(64-24-11-13-28-71(64)90(74,3)4)50-79(69)94(88(70)75)81-48-61(47-80(86(81)91)92(78)60-38-35-53(36-39-60)57-33-31-51-17-5-7-19-55(51)43-57)93-76-30-16-27-66-63-23-10-9-22-62(63)65-26-15-21-54-37-41-77(93)85(82(54)65)84(66)76/h5-50H,1-4H3. The van der Waals surface area contributed by atoms with Gasteiger partial charge in [0.2, 0.25) is 0 Å². The lowest BCUT2D eigenvalue weighted by molar-refractivity contribution is 0.660. The van der Waals surface area contributed by atoms with Gasteiger partial charge < -0.3 is 14.0 Å². The van der Waals surface area contributed by atoms with E-state index in [1.54, 1.807) is 0 Å². The molecule has 5 aliphatic rings. The minimum atomic E-state index is -0.238. The second kappa shape index (κ2) is 17.8. The van der Waals surface area contributed by atoms with Crippen LogP contribution in [0, 0.1) is 0 Å². The maximum absolute atomic E-state index is 2.73. The SMILES string of the molecule is CC1(C)c2ccccc2-c2cc3c(cc21)c1cc(-c2ccc4ccccc4c2)cc2c1n3-c1cc(-n3c4cccc5c4c4c6c(cccc6ccc43)-c3ccccc3-5)cc3c1B2c1c(ccc2c1-c1ccccc1C2(C)C)N3c1ccc(-c2ccc3ccccc3c2)cc1. The van der Waals surface area contributed by atoms with E-state index in [0.717, 1.165) is 11.4 Å². The maximum atomic E-state index is 2.73. The highest BCUT2D eigenvalue weighted by molar-refractivity contribution is 7.01. The Morgan fingerprint density at radius 3 is 1.61 bits per heavy atom. The monoisotopic (exact) mass is 1190 g/mol. The molecule has 4 heterocycles. The summed E-state index contributed by atoms with van der Waals surface area (Å²) in [5, 5.41) is 12.7. The number of hydrogen-bond acceptors (Lipinski definition) is 1. The van der Waals surface area contributed by atoms with E-state index in [0.29, 0.717) is 0 Å². The van der Waals surface area contributed by atoms with Gasteiger partial charge in [0.05, 0.1) is 22.2 Å². The third-order valence-electron chi connectivity index (χ3n) is 22.9. The molecule has 0 saturated carbocycles. The molecule has 3 aliphatic carbocycles. The molecule has 3 nitrogen and oxygen atoms in total. The summed E-state index contributed by atoms with van der Waals surface area (Å²) in [6.45, 7) is 9.58. The van der Waals surface area contributed by atoms with Crippen LogP contribution >= 0.6 is 0 Å². The van der Waals surface area contributed by atoms with E-state index in [4.69, 9.17) is 0 Å². The Hall–Kier alpha value is -11.5. The van der Waals surface area contributed by atoms with Crippen LogP contribution in [0.4, 0.5) is 17.1 Å². The number of anilines is 3.